The van der Waals surface area contributed by atoms with E-state index in [9.17, 15) is 23.2 Å². The van der Waals surface area contributed by atoms with E-state index in [0.29, 0.717) is 17.3 Å². The summed E-state index contributed by atoms with van der Waals surface area (Å²) in [6.45, 7) is 2.82. The van der Waals surface area contributed by atoms with E-state index in [0.717, 1.165) is 18.2 Å². The van der Waals surface area contributed by atoms with Crippen molar-refractivity contribution in [1.29, 1.82) is 0 Å². The second-order valence-electron chi connectivity index (χ2n) is 5.53. The zero-order valence-electron chi connectivity index (χ0n) is 14.1. The maximum Gasteiger partial charge on any atom is 0.251 e. The highest BCUT2D eigenvalue weighted by Crippen LogP contribution is 2.16. The molecule has 0 aliphatic heterocycles. The smallest absolute Gasteiger partial charge is 0.251 e. The van der Waals surface area contributed by atoms with Gasteiger partial charge in [0.25, 0.3) is 5.91 Å². The molecule has 0 saturated heterocycles. The number of benzene rings is 2. The maximum absolute atomic E-state index is 13.5. The number of amides is 2. The van der Waals surface area contributed by atoms with Gasteiger partial charge < -0.3 is 10.6 Å². The van der Waals surface area contributed by atoms with Crippen LogP contribution in [-0.4, -0.2) is 17.6 Å². The molecule has 7 heteroatoms. The summed E-state index contributed by atoms with van der Waals surface area (Å²) in [7, 11) is 0. The summed E-state index contributed by atoms with van der Waals surface area (Å²) in [5.41, 5.74) is 0.806. The van der Waals surface area contributed by atoms with Gasteiger partial charge in [0, 0.05) is 29.0 Å². The molecule has 0 atom stereocenters. The van der Waals surface area contributed by atoms with Gasteiger partial charge in [-0.05, 0) is 50.2 Å². The third kappa shape index (κ3) is 5.07. The van der Waals surface area contributed by atoms with Gasteiger partial charge in [0.15, 0.2) is 5.78 Å². The number of hydrogen-bond acceptors (Lipinski definition) is 3. The van der Waals surface area contributed by atoms with Crippen LogP contribution in [0.1, 0.15) is 24.2 Å². The molecule has 0 heterocycles. The van der Waals surface area contributed by atoms with Crippen LogP contribution in [0.25, 0.3) is 0 Å². The van der Waals surface area contributed by atoms with Gasteiger partial charge in [-0.15, -0.1) is 0 Å². The molecule has 0 unspecified atom stereocenters. The Morgan fingerprint density at radius 1 is 0.923 bits per heavy atom. The highest BCUT2D eigenvalue weighted by Gasteiger charge is 2.11. The fourth-order valence-corrected chi connectivity index (χ4v) is 2.04. The van der Waals surface area contributed by atoms with Crippen molar-refractivity contribution < 1.29 is 23.2 Å². The van der Waals surface area contributed by atoms with Crippen molar-refractivity contribution in [2.45, 2.75) is 13.8 Å². The fourth-order valence-electron chi connectivity index (χ4n) is 2.04. The zero-order valence-corrected chi connectivity index (χ0v) is 14.1. The predicted molar refractivity (Wildman–Crippen MR) is 93.8 cm³/mol. The van der Waals surface area contributed by atoms with Crippen molar-refractivity contribution in [3.05, 3.63) is 71.3 Å². The number of carbonyl (C=O) groups is 3. The van der Waals surface area contributed by atoms with Crippen LogP contribution in [0.4, 0.5) is 20.2 Å². The number of carbonyl (C=O) groups excluding carboxylic acids is 3. The van der Waals surface area contributed by atoms with E-state index < -0.39 is 23.4 Å². The summed E-state index contributed by atoms with van der Waals surface area (Å²) >= 11 is 0. The van der Waals surface area contributed by atoms with Gasteiger partial charge >= 0.3 is 0 Å². The van der Waals surface area contributed by atoms with Crippen LogP contribution in [0.2, 0.25) is 0 Å². The standard InChI is InChI=1S/C19H16F2N2O3/c1-11(19(26)23-17-8-5-14(20)10-16(17)21)9-18(25)22-15-6-3-13(4-7-15)12(2)24/h3-10H,1-2H3,(H,22,25)(H,23,26)/b11-9-. The molecule has 0 aliphatic rings. The van der Waals surface area contributed by atoms with E-state index in [1.165, 1.54) is 13.8 Å². The first-order valence-corrected chi connectivity index (χ1v) is 7.63. The number of ketones is 1. The van der Waals surface area contributed by atoms with Crippen LogP contribution in [0.3, 0.4) is 0 Å². The highest BCUT2D eigenvalue weighted by atomic mass is 19.1. The van der Waals surface area contributed by atoms with Gasteiger partial charge in [0.1, 0.15) is 11.6 Å². The zero-order chi connectivity index (χ0) is 19.3. The molecule has 0 saturated carbocycles. The third-order valence-corrected chi connectivity index (χ3v) is 3.44. The quantitative estimate of drug-likeness (QED) is 0.632. The molecule has 0 spiro atoms. The molecular weight excluding hydrogens is 342 g/mol. The summed E-state index contributed by atoms with van der Waals surface area (Å²) in [6, 6.07) is 9.00. The molecule has 0 aliphatic carbocycles. The molecule has 5 nitrogen and oxygen atoms in total. The lowest BCUT2D eigenvalue weighted by Gasteiger charge is -2.07. The second-order valence-corrected chi connectivity index (χ2v) is 5.53. The van der Waals surface area contributed by atoms with Crippen LogP contribution in [0.15, 0.2) is 54.1 Å². The molecule has 0 bridgehead atoms. The molecule has 2 amide bonds. The summed E-state index contributed by atoms with van der Waals surface area (Å²) < 4.78 is 26.4. The first kappa shape index (κ1) is 19.0. The first-order valence-electron chi connectivity index (χ1n) is 7.63. The van der Waals surface area contributed by atoms with Crippen molar-refractivity contribution in [2.75, 3.05) is 10.6 Å². The lowest BCUT2D eigenvalue weighted by Crippen LogP contribution is -2.17. The molecule has 2 aromatic carbocycles. The Bertz CT molecular complexity index is 890. The number of hydrogen-bond donors (Lipinski definition) is 2. The normalized spacial score (nSPS) is 11.0. The molecular formula is C19H16F2N2O3. The van der Waals surface area contributed by atoms with Gasteiger partial charge in [-0.25, -0.2) is 8.78 Å². The van der Waals surface area contributed by atoms with Crippen molar-refractivity contribution in [1.82, 2.24) is 0 Å². The van der Waals surface area contributed by atoms with Crippen LogP contribution in [0.5, 0.6) is 0 Å². The number of Topliss-reactive ketones (excluding diaryl/α,β-unsaturated/α-hetero) is 1. The number of nitrogens with one attached hydrogen (secondary N) is 2. The maximum atomic E-state index is 13.5. The number of rotatable bonds is 5. The minimum atomic E-state index is -0.916. The molecule has 0 aromatic heterocycles. The van der Waals surface area contributed by atoms with E-state index in [2.05, 4.69) is 10.6 Å². The van der Waals surface area contributed by atoms with Crippen molar-refractivity contribution in [3.8, 4) is 0 Å². The minimum absolute atomic E-state index is 0.0339. The Hall–Kier alpha value is -3.35. The molecule has 2 N–H and O–H groups in total. The monoisotopic (exact) mass is 358 g/mol. The third-order valence-electron chi connectivity index (χ3n) is 3.44. The Balaban J connectivity index is 2.01. The SMILES string of the molecule is CC(=O)c1ccc(NC(=O)/C=C(/C)C(=O)Nc2ccc(F)cc2F)cc1. The summed E-state index contributed by atoms with van der Waals surface area (Å²) in [4.78, 5) is 35.2. The topological polar surface area (TPSA) is 75.3 Å². The Morgan fingerprint density at radius 2 is 1.58 bits per heavy atom. The average molecular weight is 358 g/mol. The average Bonchev–Trinajstić information content (AvgIpc) is 2.57. The molecule has 2 aromatic rings. The molecule has 0 radical (unpaired) electrons. The van der Waals surface area contributed by atoms with Crippen molar-refractivity contribution in [3.63, 3.8) is 0 Å². The van der Waals surface area contributed by atoms with Crippen LogP contribution >= 0.6 is 0 Å². The van der Waals surface area contributed by atoms with Gasteiger partial charge in [-0.1, -0.05) is 0 Å². The molecule has 0 fully saturated rings. The van der Waals surface area contributed by atoms with Crippen molar-refractivity contribution >= 4 is 29.0 Å². The van der Waals surface area contributed by atoms with Crippen LogP contribution < -0.4 is 10.6 Å². The molecule has 26 heavy (non-hydrogen) atoms. The summed E-state index contributed by atoms with van der Waals surface area (Å²) in [5, 5.41) is 4.81. The Labute approximate surface area is 148 Å². The summed E-state index contributed by atoms with van der Waals surface area (Å²) in [5.74, 6) is -3.03. The fraction of sp³-hybridized carbons (Fsp3) is 0.105. The van der Waals surface area contributed by atoms with Gasteiger partial charge in [-0.2, -0.15) is 0 Å². The van der Waals surface area contributed by atoms with E-state index in [1.807, 2.05) is 0 Å². The number of halogens is 2. The number of anilines is 2. The van der Waals surface area contributed by atoms with E-state index in [-0.39, 0.29) is 17.0 Å². The molecule has 134 valence electrons. The van der Waals surface area contributed by atoms with Gasteiger partial charge in [-0.3, -0.25) is 14.4 Å². The molecule has 2 rings (SSSR count). The van der Waals surface area contributed by atoms with Crippen molar-refractivity contribution in [2.24, 2.45) is 0 Å². The highest BCUT2D eigenvalue weighted by molar-refractivity contribution is 6.10. The predicted octanol–water partition coefficient (Wildman–Crippen LogP) is 3.69. The first-order chi connectivity index (χ1) is 12.3. The Morgan fingerprint density at radius 3 is 2.15 bits per heavy atom. The van der Waals surface area contributed by atoms with E-state index in [1.54, 1.807) is 24.3 Å². The van der Waals surface area contributed by atoms with E-state index >= 15 is 0 Å². The second kappa shape index (κ2) is 8.15. The summed E-state index contributed by atoms with van der Waals surface area (Å²) in [6.07, 6.45) is 1.05. The van der Waals surface area contributed by atoms with Gasteiger partial charge in [0.2, 0.25) is 5.91 Å². The van der Waals surface area contributed by atoms with E-state index in [4.69, 9.17) is 0 Å². The largest absolute Gasteiger partial charge is 0.323 e. The van der Waals surface area contributed by atoms with Crippen LogP contribution in [0, 0.1) is 11.6 Å². The van der Waals surface area contributed by atoms with Gasteiger partial charge in [0.05, 0.1) is 5.69 Å². The lowest BCUT2D eigenvalue weighted by atomic mass is 10.1. The van der Waals surface area contributed by atoms with Crippen LogP contribution in [-0.2, 0) is 9.59 Å². The minimum Gasteiger partial charge on any atom is -0.323 e. The lowest BCUT2D eigenvalue weighted by molar-refractivity contribution is -0.114. The Kier molecular flexibility index (Phi) is 5.95.